The average molecular weight is 196 g/mol. The van der Waals surface area contributed by atoms with Crippen LogP contribution in [0.25, 0.3) is 0 Å². The molecule has 2 aliphatic heterocycles. The van der Waals surface area contributed by atoms with E-state index in [4.69, 9.17) is 10.5 Å². The lowest BCUT2D eigenvalue weighted by Crippen LogP contribution is -2.40. The Hall–Kier alpha value is -0.380. The highest BCUT2D eigenvalue weighted by Crippen LogP contribution is 2.18. The van der Waals surface area contributed by atoms with Crippen molar-refractivity contribution in [3.8, 4) is 0 Å². The second-order valence-corrected chi connectivity index (χ2v) is 4.51. The van der Waals surface area contributed by atoms with Gasteiger partial charge in [-0.15, -0.1) is 0 Å². The maximum Gasteiger partial charge on any atom is 0.0621 e. The summed E-state index contributed by atoms with van der Waals surface area (Å²) in [4.78, 5) is 2.49. The first-order chi connectivity index (χ1) is 6.75. The van der Waals surface area contributed by atoms with Gasteiger partial charge in [0.05, 0.1) is 13.2 Å². The highest BCUT2D eigenvalue weighted by atomic mass is 16.5. The Kier molecular flexibility index (Phi) is 3.21. The molecule has 2 N–H and O–H groups in total. The fourth-order valence-corrected chi connectivity index (χ4v) is 2.19. The Morgan fingerprint density at radius 3 is 2.64 bits per heavy atom. The summed E-state index contributed by atoms with van der Waals surface area (Å²) in [7, 11) is 0. The van der Waals surface area contributed by atoms with Gasteiger partial charge in [0.15, 0.2) is 0 Å². The third-order valence-corrected chi connectivity index (χ3v) is 3.30. The SMILES string of the molecule is C=C1CCN(CC2COCC2N)CC1. The number of nitrogens with two attached hydrogens (primary N) is 1. The van der Waals surface area contributed by atoms with E-state index in [0.29, 0.717) is 5.92 Å². The molecule has 0 aliphatic carbocycles. The minimum Gasteiger partial charge on any atom is -0.379 e. The fourth-order valence-electron chi connectivity index (χ4n) is 2.19. The number of hydrogen-bond donors (Lipinski definition) is 1. The van der Waals surface area contributed by atoms with Crippen molar-refractivity contribution in [2.45, 2.75) is 18.9 Å². The zero-order valence-corrected chi connectivity index (χ0v) is 8.74. The molecule has 2 atom stereocenters. The van der Waals surface area contributed by atoms with Gasteiger partial charge in [0, 0.05) is 31.6 Å². The number of rotatable bonds is 2. The first-order valence-electron chi connectivity index (χ1n) is 5.48. The van der Waals surface area contributed by atoms with Gasteiger partial charge in [0.25, 0.3) is 0 Å². The monoisotopic (exact) mass is 196 g/mol. The molecule has 0 aromatic rings. The van der Waals surface area contributed by atoms with Gasteiger partial charge in [-0.05, 0) is 12.8 Å². The summed E-state index contributed by atoms with van der Waals surface area (Å²) in [5.41, 5.74) is 7.35. The first kappa shape index (κ1) is 10.1. The maximum absolute atomic E-state index is 5.95. The molecule has 2 aliphatic rings. The predicted octanol–water partition coefficient (Wildman–Crippen LogP) is 0.612. The molecule has 2 rings (SSSR count). The molecular weight excluding hydrogens is 176 g/mol. The van der Waals surface area contributed by atoms with Crippen LogP contribution >= 0.6 is 0 Å². The summed E-state index contributed by atoms with van der Waals surface area (Å²) in [5.74, 6) is 0.543. The Balaban J connectivity index is 1.77. The van der Waals surface area contributed by atoms with Crippen LogP contribution in [0.1, 0.15) is 12.8 Å². The van der Waals surface area contributed by atoms with E-state index in [2.05, 4.69) is 11.5 Å². The van der Waals surface area contributed by atoms with Crippen molar-refractivity contribution in [1.29, 1.82) is 0 Å². The molecule has 0 bridgehead atoms. The van der Waals surface area contributed by atoms with Gasteiger partial charge >= 0.3 is 0 Å². The summed E-state index contributed by atoms with van der Waals surface area (Å²) in [6.07, 6.45) is 2.31. The molecule has 0 aromatic heterocycles. The summed E-state index contributed by atoms with van der Waals surface area (Å²) in [6, 6.07) is 0.250. The van der Waals surface area contributed by atoms with Crippen LogP contribution in [0.5, 0.6) is 0 Å². The molecule has 80 valence electrons. The van der Waals surface area contributed by atoms with Crippen LogP contribution in [0.3, 0.4) is 0 Å². The molecule has 2 unspecified atom stereocenters. The van der Waals surface area contributed by atoms with Crippen molar-refractivity contribution >= 4 is 0 Å². The van der Waals surface area contributed by atoms with Crippen molar-refractivity contribution in [3.05, 3.63) is 12.2 Å². The Morgan fingerprint density at radius 1 is 1.36 bits per heavy atom. The molecular formula is C11H20N2O. The predicted molar refractivity (Wildman–Crippen MR) is 57.1 cm³/mol. The molecule has 2 heterocycles. The minimum absolute atomic E-state index is 0.250. The van der Waals surface area contributed by atoms with E-state index in [0.717, 1.165) is 45.7 Å². The summed E-state index contributed by atoms with van der Waals surface area (Å²) in [6.45, 7) is 9.02. The molecule has 3 heteroatoms. The second kappa shape index (κ2) is 4.43. The normalized spacial score (nSPS) is 35.1. The van der Waals surface area contributed by atoms with Crippen LogP contribution < -0.4 is 5.73 Å². The molecule has 0 amide bonds. The number of ether oxygens (including phenoxy) is 1. The lowest BCUT2D eigenvalue weighted by atomic mass is 10.0. The average Bonchev–Trinajstić information content (AvgIpc) is 2.56. The van der Waals surface area contributed by atoms with Crippen molar-refractivity contribution in [2.24, 2.45) is 11.7 Å². The quantitative estimate of drug-likeness (QED) is 0.658. The third kappa shape index (κ3) is 2.35. The Morgan fingerprint density at radius 2 is 2.07 bits per heavy atom. The van der Waals surface area contributed by atoms with E-state index in [9.17, 15) is 0 Å². The molecule has 0 radical (unpaired) electrons. The topological polar surface area (TPSA) is 38.5 Å². The van der Waals surface area contributed by atoms with Crippen LogP contribution in [-0.4, -0.2) is 43.8 Å². The van der Waals surface area contributed by atoms with Gasteiger partial charge in [0.1, 0.15) is 0 Å². The van der Waals surface area contributed by atoms with Crippen molar-refractivity contribution in [3.63, 3.8) is 0 Å². The van der Waals surface area contributed by atoms with E-state index in [1.807, 2.05) is 0 Å². The van der Waals surface area contributed by atoms with E-state index >= 15 is 0 Å². The second-order valence-electron chi connectivity index (χ2n) is 4.51. The van der Waals surface area contributed by atoms with Gasteiger partial charge in [0.2, 0.25) is 0 Å². The molecule has 0 aromatic carbocycles. The van der Waals surface area contributed by atoms with Crippen LogP contribution in [0.15, 0.2) is 12.2 Å². The van der Waals surface area contributed by atoms with Gasteiger partial charge in [-0.2, -0.15) is 0 Å². The minimum atomic E-state index is 0.250. The van der Waals surface area contributed by atoms with E-state index in [1.54, 1.807) is 0 Å². The van der Waals surface area contributed by atoms with Crippen LogP contribution in [0.4, 0.5) is 0 Å². The number of piperidine rings is 1. The Bertz CT molecular complexity index is 207. The van der Waals surface area contributed by atoms with E-state index < -0.39 is 0 Å². The zero-order valence-electron chi connectivity index (χ0n) is 8.74. The molecule has 3 nitrogen and oxygen atoms in total. The van der Waals surface area contributed by atoms with Crippen molar-refractivity contribution < 1.29 is 4.74 Å². The van der Waals surface area contributed by atoms with Gasteiger partial charge in [-0.25, -0.2) is 0 Å². The standard InChI is InChI=1S/C11H20N2O/c1-9-2-4-13(5-3-9)6-10-7-14-8-11(10)12/h10-11H,1-8,12H2. The van der Waals surface area contributed by atoms with E-state index in [1.165, 1.54) is 5.57 Å². The molecule has 2 fully saturated rings. The lowest BCUT2D eigenvalue weighted by Gasteiger charge is -2.30. The smallest absolute Gasteiger partial charge is 0.0621 e. The van der Waals surface area contributed by atoms with Gasteiger partial charge < -0.3 is 15.4 Å². The summed E-state index contributed by atoms with van der Waals surface area (Å²) >= 11 is 0. The zero-order chi connectivity index (χ0) is 9.97. The molecule has 0 spiro atoms. The fraction of sp³-hybridized carbons (Fsp3) is 0.818. The highest BCUT2D eigenvalue weighted by Gasteiger charge is 2.27. The number of nitrogens with zero attached hydrogens (tertiary/aromatic N) is 1. The summed E-state index contributed by atoms with van der Waals surface area (Å²) in [5, 5.41) is 0. The highest BCUT2D eigenvalue weighted by molar-refractivity contribution is 4.99. The third-order valence-electron chi connectivity index (χ3n) is 3.30. The van der Waals surface area contributed by atoms with E-state index in [-0.39, 0.29) is 6.04 Å². The van der Waals surface area contributed by atoms with Crippen LogP contribution in [0, 0.1) is 5.92 Å². The Labute approximate surface area is 85.9 Å². The van der Waals surface area contributed by atoms with Crippen LogP contribution in [0.2, 0.25) is 0 Å². The molecule has 2 saturated heterocycles. The first-order valence-corrected chi connectivity index (χ1v) is 5.48. The number of likely N-dealkylation sites (tertiary alicyclic amines) is 1. The molecule has 14 heavy (non-hydrogen) atoms. The summed E-state index contributed by atoms with van der Waals surface area (Å²) < 4.78 is 5.36. The molecule has 0 saturated carbocycles. The largest absolute Gasteiger partial charge is 0.379 e. The van der Waals surface area contributed by atoms with Gasteiger partial charge in [-0.3, -0.25) is 0 Å². The maximum atomic E-state index is 5.95. The van der Waals surface area contributed by atoms with Crippen LogP contribution in [-0.2, 0) is 4.74 Å². The van der Waals surface area contributed by atoms with Crippen molar-refractivity contribution in [2.75, 3.05) is 32.8 Å². The number of hydrogen-bond acceptors (Lipinski definition) is 3. The van der Waals surface area contributed by atoms with Crippen molar-refractivity contribution in [1.82, 2.24) is 4.90 Å². The van der Waals surface area contributed by atoms with Gasteiger partial charge in [-0.1, -0.05) is 12.2 Å². The lowest BCUT2D eigenvalue weighted by molar-refractivity contribution is 0.163.